The van der Waals surface area contributed by atoms with Crippen LogP contribution in [0.4, 0.5) is 4.39 Å². The molecule has 4 atom stereocenters. The maximum Gasteiger partial charge on any atom is 0.225 e. The normalized spacial score (nSPS) is 30.2. The maximum atomic E-state index is 14.2. The Balaban J connectivity index is 2.07. The molecule has 0 radical (unpaired) electrons. The summed E-state index contributed by atoms with van der Waals surface area (Å²) in [5.74, 6) is 0. The van der Waals surface area contributed by atoms with E-state index in [1.807, 2.05) is 0 Å². The van der Waals surface area contributed by atoms with E-state index in [1.165, 1.54) is 10.9 Å². The summed E-state index contributed by atoms with van der Waals surface area (Å²) in [7, 11) is 0. The third-order valence-electron chi connectivity index (χ3n) is 3.10. The van der Waals surface area contributed by atoms with Crippen LogP contribution in [0.3, 0.4) is 0 Å². The third kappa shape index (κ3) is 2.15. The molecule has 0 unspecified atom stereocenters. The molecule has 0 aromatic carbocycles. The van der Waals surface area contributed by atoms with Crippen LogP contribution >= 0.6 is 35.0 Å². The zero-order chi connectivity index (χ0) is 14.4. The molecule has 1 saturated heterocycles. The Morgan fingerprint density at radius 3 is 2.80 bits per heavy atom. The monoisotopic (exact) mass is 338 g/mol. The van der Waals surface area contributed by atoms with E-state index in [9.17, 15) is 9.50 Å². The summed E-state index contributed by atoms with van der Waals surface area (Å²) in [6.07, 6.45) is -1.43. The van der Waals surface area contributed by atoms with Gasteiger partial charge < -0.3 is 10.2 Å². The van der Waals surface area contributed by atoms with Gasteiger partial charge in [0.05, 0.1) is 18.2 Å². The minimum Gasteiger partial charge on any atom is -0.395 e. The number of nitrogens with zero attached hydrogens (tertiary/aromatic N) is 4. The molecule has 108 valence electrons. The van der Waals surface area contributed by atoms with Gasteiger partial charge in [-0.3, -0.25) is 4.57 Å². The van der Waals surface area contributed by atoms with Crippen LogP contribution < -0.4 is 0 Å². The van der Waals surface area contributed by atoms with Gasteiger partial charge in [-0.25, -0.2) is 14.4 Å². The molecular formula is C10H9Cl2FN4O2S. The van der Waals surface area contributed by atoms with Crippen molar-refractivity contribution in [1.82, 2.24) is 19.5 Å². The average Bonchev–Trinajstić information content (AvgIpc) is 2.93. The van der Waals surface area contributed by atoms with Crippen LogP contribution in [0.25, 0.3) is 11.2 Å². The van der Waals surface area contributed by atoms with Crippen LogP contribution in [0, 0.1) is 0 Å². The number of alkyl halides is 1. The lowest BCUT2D eigenvalue weighted by Crippen LogP contribution is -2.29. The Bertz CT molecular complexity index is 657. The van der Waals surface area contributed by atoms with Gasteiger partial charge in [0.25, 0.3) is 0 Å². The summed E-state index contributed by atoms with van der Waals surface area (Å²) in [5.41, 5.74) is 0.603. The molecule has 0 spiro atoms. The third-order valence-corrected chi connectivity index (χ3v) is 5.08. The van der Waals surface area contributed by atoms with Gasteiger partial charge in [0, 0.05) is 0 Å². The molecule has 3 rings (SSSR count). The lowest BCUT2D eigenvalue weighted by atomic mass is 10.1. The Hall–Kier alpha value is -0.670. The molecule has 2 N–H and O–H groups in total. The highest BCUT2D eigenvalue weighted by Gasteiger charge is 2.45. The lowest BCUT2D eigenvalue weighted by molar-refractivity contribution is 0.0642. The van der Waals surface area contributed by atoms with E-state index in [-0.39, 0.29) is 17.0 Å². The summed E-state index contributed by atoms with van der Waals surface area (Å²) in [4.78, 5) is 11.8. The topological polar surface area (TPSA) is 84.1 Å². The number of halogens is 3. The Morgan fingerprint density at radius 2 is 2.15 bits per heavy atom. The lowest BCUT2D eigenvalue weighted by Gasteiger charge is -2.14. The molecule has 6 nitrogen and oxygen atoms in total. The van der Waals surface area contributed by atoms with Crippen LogP contribution in [0.15, 0.2) is 6.33 Å². The van der Waals surface area contributed by atoms with Crippen molar-refractivity contribution in [1.29, 1.82) is 0 Å². The molecule has 20 heavy (non-hydrogen) atoms. The molecule has 1 aliphatic rings. The Morgan fingerprint density at radius 1 is 1.40 bits per heavy atom. The minimum absolute atomic E-state index is 0.0677. The first-order chi connectivity index (χ1) is 9.52. The predicted molar refractivity (Wildman–Crippen MR) is 73.7 cm³/mol. The highest BCUT2D eigenvalue weighted by molar-refractivity contribution is 8.00. The highest BCUT2D eigenvalue weighted by Crippen LogP contribution is 2.44. The molecule has 1 fully saturated rings. The van der Waals surface area contributed by atoms with E-state index in [2.05, 4.69) is 15.0 Å². The summed E-state index contributed by atoms with van der Waals surface area (Å²) < 4.78 is 15.6. The summed E-state index contributed by atoms with van der Waals surface area (Å²) in [6.45, 7) is -0.314. The Labute approximate surface area is 126 Å². The fourth-order valence-electron chi connectivity index (χ4n) is 2.12. The molecule has 0 amide bonds. The fourth-order valence-corrected chi connectivity index (χ4v) is 3.89. The number of rotatable bonds is 2. The van der Waals surface area contributed by atoms with Crippen LogP contribution in [-0.2, 0) is 0 Å². The molecule has 0 bridgehead atoms. The van der Waals surface area contributed by atoms with Crippen molar-refractivity contribution < 1.29 is 14.6 Å². The fraction of sp³-hybridized carbons (Fsp3) is 0.500. The largest absolute Gasteiger partial charge is 0.395 e. The second-order valence-electron chi connectivity index (χ2n) is 4.29. The van der Waals surface area contributed by atoms with E-state index in [0.29, 0.717) is 11.2 Å². The van der Waals surface area contributed by atoms with Crippen LogP contribution in [0.2, 0.25) is 10.4 Å². The molecule has 1 aliphatic heterocycles. The molecule has 3 heterocycles. The van der Waals surface area contributed by atoms with Gasteiger partial charge in [-0.1, -0.05) is 11.6 Å². The summed E-state index contributed by atoms with van der Waals surface area (Å²) >= 11 is 12.8. The van der Waals surface area contributed by atoms with Crippen molar-refractivity contribution in [3.05, 3.63) is 16.8 Å². The van der Waals surface area contributed by atoms with Crippen LogP contribution in [-0.4, -0.2) is 53.9 Å². The van der Waals surface area contributed by atoms with Crippen molar-refractivity contribution in [2.75, 3.05) is 6.61 Å². The predicted octanol–water partition coefficient (Wildman–Crippen LogP) is 1.44. The van der Waals surface area contributed by atoms with Crippen molar-refractivity contribution in [2.24, 2.45) is 0 Å². The second kappa shape index (κ2) is 5.27. The van der Waals surface area contributed by atoms with Crippen molar-refractivity contribution in [3.8, 4) is 0 Å². The molecule has 0 saturated carbocycles. The number of thioether (sulfide) groups is 1. The second-order valence-corrected chi connectivity index (χ2v) is 6.35. The van der Waals surface area contributed by atoms with E-state index in [1.54, 1.807) is 0 Å². The highest BCUT2D eigenvalue weighted by atomic mass is 35.5. The van der Waals surface area contributed by atoms with E-state index in [0.717, 1.165) is 11.8 Å². The van der Waals surface area contributed by atoms with Gasteiger partial charge in [-0.2, -0.15) is 4.98 Å². The first-order valence-corrected chi connectivity index (χ1v) is 7.37. The van der Waals surface area contributed by atoms with Crippen LogP contribution in [0.1, 0.15) is 5.37 Å². The minimum atomic E-state index is -1.55. The zero-order valence-corrected chi connectivity index (χ0v) is 12.1. The van der Waals surface area contributed by atoms with Gasteiger partial charge in [-0.05, 0) is 11.6 Å². The quantitative estimate of drug-likeness (QED) is 0.636. The first kappa shape index (κ1) is 14.3. The smallest absolute Gasteiger partial charge is 0.225 e. The van der Waals surface area contributed by atoms with Crippen molar-refractivity contribution in [2.45, 2.75) is 22.9 Å². The zero-order valence-electron chi connectivity index (χ0n) is 9.82. The molecule has 2 aromatic heterocycles. The first-order valence-electron chi connectivity index (χ1n) is 5.67. The van der Waals surface area contributed by atoms with E-state index >= 15 is 0 Å². The molecular weight excluding hydrogens is 330 g/mol. The van der Waals surface area contributed by atoms with Gasteiger partial charge in [-0.15, -0.1) is 11.8 Å². The average molecular weight is 339 g/mol. The summed E-state index contributed by atoms with van der Waals surface area (Å²) in [6, 6.07) is 0. The number of aliphatic hydroxyl groups is 2. The molecule has 0 aliphatic carbocycles. The van der Waals surface area contributed by atoms with Gasteiger partial charge in [0.1, 0.15) is 17.0 Å². The number of fused-ring (bicyclic) bond motifs is 1. The van der Waals surface area contributed by atoms with E-state index < -0.39 is 22.9 Å². The SMILES string of the molecule is OC[C@H]1S[C@@H](n2cnc3c(Cl)nc(Cl)nc32)[C@@H](F)[C@@H]1O. The number of imidazole rings is 1. The number of aromatic nitrogens is 4. The molecule has 10 heteroatoms. The van der Waals surface area contributed by atoms with E-state index in [4.69, 9.17) is 28.3 Å². The van der Waals surface area contributed by atoms with Crippen molar-refractivity contribution in [3.63, 3.8) is 0 Å². The van der Waals surface area contributed by atoms with Crippen LogP contribution in [0.5, 0.6) is 0 Å². The number of aliphatic hydroxyl groups excluding tert-OH is 2. The van der Waals surface area contributed by atoms with Gasteiger partial charge in [0.2, 0.25) is 5.28 Å². The standard InChI is InChI=1S/C10H9Cl2FN4O2S/c11-7-5-8(16-10(12)15-7)17(2-14-5)9-4(13)6(19)3(1-18)20-9/h2-4,6,9,18-19H,1H2/t3-,4+,6-,9-/m1/s1. The number of hydrogen-bond acceptors (Lipinski definition) is 6. The summed E-state index contributed by atoms with van der Waals surface area (Å²) in [5, 5.41) is 17.5. The van der Waals surface area contributed by atoms with Crippen molar-refractivity contribution >= 4 is 46.1 Å². The van der Waals surface area contributed by atoms with Gasteiger partial charge >= 0.3 is 0 Å². The van der Waals surface area contributed by atoms with Gasteiger partial charge in [0.15, 0.2) is 17.0 Å². The molecule has 2 aromatic rings. The Kier molecular flexibility index (Phi) is 3.76. The maximum absolute atomic E-state index is 14.2. The number of hydrogen-bond donors (Lipinski definition) is 2.